The van der Waals surface area contributed by atoms with Crippen molar-refractivity contribution >= 4 is 119 Å². The van der Waals surface area contributed by atoms with Gasteiger partial charge >= 0.3 is 5.97 Å². The second kappa shape index (κ2) is 46.0. The Kier molecular flexibility index (Phi) is 34.7. The number of aromatic carboxylic acids is 1. The lowest BCUT2D eigenvalue weighted by molar-refractivity contribution is -0.121. The van der Waals surface area contributed by atoms with Gasteiger partial charge in [-0.1, -0.05) is 266 Å². The van der Waals surface area contributed by atoms with E-state index >= 15 is 13.2 Å². The van der Waals surface area contributed by atoms with E-state index in [1.165, 1.54) is 97.8 Å². The van der Waals surface area contributed by atoms with Crippen LogP contribution in [-0.2, 0) is 59.7 Å². The van der Waals surface area contributed by atoms with Gasteiger partial charge in [0.15, 0.2) is 17.2 Å². The molecule has 7 N–H and O–H groups in total. The zero-order chi connectivity index (χ0) is 105. The van der Waals surface area contributed by atoms with Gasteiger partial charge in [-0.25, -0.2) is 37.9 Å². The normalized spacial score (nSPS) is 20.9. The van der Waals surface area contributed by atoms with Crippen LogP contribution in [0.4, 0.5) is 13.2 Å². The summed E-state index contributed by atoms with van der Waals surface area (Å²) >= 11 is 30.4. The number of aromatic nitrogens is 4. The van der Waals surface area contributed by atoms with E-state index in [0.29, 0.717) is 137 Å². The van der Waals surface area contributed by atoms with Gasteiger partial charge in [0.1, 0.15) is 29.1 Å². The minimum absolute atomic E-state index is 0.0214. The molecule has 31 heteroatoms. The van der Waals surface area contributed by atoms with Crippen molar-refractivity contribution in [1.82, 2.24) is 29.7 Å². The van der Waals surface area contributed by atoms with Crippen LogP contribution in [0.5, 0.6) is 0 Å². The van der Waals surface area contributed by atoms with Crippen LogP contribution in [0.2, 0.25) is 35.2 Å². The molecular formula is C115H124Cl5F3N6O15Si2. The molecule has 0 bridgehead atoms. The van der Waals surface area contributed by atoms with Gasteiger partial charge in [-0.3, -0.25) is 24.2 Å². The van der Waals surface area contributed by atoms with Crippen LogP contribution in [0.15, 0.2) is 255 Å². The van der Waals surface area contributed by atoms with Gasteiger partial charge in [0.25, 0.3) is 28.4 Å². The fraction of sp³-hybridized carbons (Fsp3) is 0.374. The lowest BCUT2D eigenvalue weighted by atomic mass is 9.71. The zero-order valence-corrected chi connectivity index (χ0v) is 88.9. The van der Waals surface area contributed by atoms with Crippen LogP contribution in [-0.4, -0.2) is 150 Å². The van der Waals surface area contributed by atoms with Gasteiger partial charge in [-0.2, -0.15) is 0 Å². The highest BCUT2D eigenvalue weighted by Gasteiger charge is 2.60. The first-order chi connectivity index (χ1) is 69.7. The van der Waals surface area contributed by atoms with E-state index in [2.05, 4.69) is 159 Å². The molecule has 146 heavy (non-hydrogen) atoms. The van der Waals surface area contributed by atoms with Crippen molar-refractivity contribution in [3.63, 3.8) is 0 Å². The first-order valence-electron chi connectivity index (χ1n) is 49.8. The first kappa shape index (κ1) is 110. The molecule has 5 aliphatic rings. The number of amides is 2. The Bertz CT molecular complexity index is 6480. The molecule has 4 heterocycles. The first-order valence-corrected chi connectivity index (χ1v) is 55.5. The number of benzene rings is 10. The number of rotatable bonds is 32. The predicted octanol–water partition coefficient (Wildman–Crippen LogP) is 21.6. The molecule has 10 aromatic carbocycles. The van der Waals surface area contributed by atoms with E-state index in [4.69, 9.17) is 76.3 Å². The fourth-order valence-corrected chi connectivity index (χ4v) is 32.9. The van der Waals surface area contributed by atoms with E-state index in [1.54, 1.807) is 60.7 Å². The number of carbonyl (C=O) groups is 4. The SMILES string of the molecule is CCC(O)(c1cc(F)c(C(=O)c2ccc(Cl)cc2)c(C(=O)O)c1)C1CCC(O[Si](c2ccccc2)(c2ccccc2)C(C)(C)C)CC1.CCC(O)(c1cc(F)c2c(c1)C(=O)N(Cc1ncc(Cl)cn1)[C@@]2(OCCO)c1ccc(Cl)cc1)C1CCC(O)CC1.CCC(O)(c1cc(F)c2c(c1)C(=O)N(Cc1ncc(Cl)cn1)[C@@]2(OCCO)c1ccc(Cl)cc1)C1CCC(O[Si](c2ccccc2)(c2ccccc2)C(C)(C)C)CC1. The number of hydrogen-bond donors (Lipinski definition) is 7. The molecule has 21 nitrogen and oxygen atoms in total. The largest absolute Gasteiger partial charge is 0.478 e. The number of hydrogen-bond acceptors (Lipinski definition) is 18. The van der Waals surface area contributed by atoms with Crippen molar-refractivity contribution in [2.24, 2.45) is 17.8 Å². The smallest absolute Gasteiger partial charge is 0.336 e. The molecule has 2 aliphatic heterocycles. The number of halogens is 8. The van der Waals surface area contributed by atoms with E-state index in [-0.39, 0.29) is 131 Å². The summed E-state index contributed by atoms with van der Waals surface area (Å²) in [5, 5.41) is 82.9. The van der Waals surface area contributed by atoms with E-state index < -0.39 is 103 Å². The number of carboxylic acid groups (broad SMARTS) is 1. The van der Waals surface area contributed by atoms with Crippen molar-refractivity contribution < 1.29 is 86.4 Å². The summed E-state index contributed by atoms with van der Waals surface area (Å²) in [6, 6.07) is 69.2. The Morgan fingerprint density at radius 2 is 0.719 bits per heavy atom. The number of ketones is 1. The summed E-state index contributed by atoms with van der Waals surface area (Å²) in [7, 11) is -5.57. The highest BCUT2D eigenvalue weighted by atomic mass is 35.5. The van der Waals surface area contributed by atoms with Crippen molar-refractivity contribution in [1.29, 1.82) is 0 Å². The third-order valence-electron chi connectivity index (χ3n) is 30.2. The molecule has 768 valence electrons. The molecule has 0 radical (unpaired) electrons. The second-order valence-corrected chi connectivity index (χ2v) is 51.2. The molecule has 0 spiro atoms. The van der Waals surface area contributed by atoms with Gasteiger partial charge in [-0.15, -0.1) is 0 Å². The van der Waals surface area contributed by atoms with Gasteiger partial charge in [0.05, 0.1) is 106 Å². The summed E-state index contributed by atoms with van der Waals surface area (Å²) in [6.45, 7) is 17.6. The molecule has 2 amide bonds. The minimum atomic E-state index is -2.80. The molecule has 0 saturated heterocycles. The van der Waals surface area contributed by atoms with Crippen molar-refractivity contribution in [2.45, 2.75) is 228 Å². The number of aliphatic hydroxyl groups is 6. The summed E-state index contributed by atoms with van der Waals surface area (Å²) in [4.78, 5) is 74.3. The number of carboxylic acids is 1. The van der Waals surface area contributed by atoms with Gasteiger partial charge in [-0.05, 0) is 247 Å². The fourth-order valence-electron chi connectivity index (χ4n) is 22.8. The Hall–Kier alpha value is -10.3. The minimum Gasteiger partial charge on any atom is -0.478 e. The number of ether oxygens (including phenoxy) is 2. The standard InChI is InChI=1S/C46H50Cl2FN3O5Si.C39H42ClFO5Si.C30H32Cl2FN3O5/c1-5-45(55,31-18-22-36(23-19-31)57-58(44(2,3)4,37-12-8-6-9-13-37)38-14-10-7-11-15-38)33-26-39-42(40(49)27-33)46(56-25-24-53,32-16-20-34(47)21-17-32)52(43(39)54)30-41-50-28-35(48)29-51-41;1-5-39(45,28-24-33(37(43)44)35(34(41)25-28)36(42)26-16-20-29(40)21-17-26)27-18-22-30(23-19-27)46-47(38(2,3)4,31-12-8-6-9-13-31)32-14-10-7-11-15-32;1-2-29(40,18-5-9-23(38)10-6-18)20-13-24-27(25(33)14-20)30(41-12-11-37,19-3-7-21(31)8-4-19)36(28(24)39)17-26-34-15-22(32)16-35-26/h6-17,20-21,26-29,31,36,53,55H,5,18-19,22-25,30H2,1-4H3;6-17,20-21,24-25,27,30,45H,5,18-19,22-23H2,1-4H3,(H,43,44);3-4,7-8,13-16,18,23,37-38,40H,2,5-6,9-12,17H2,1H3/t31?,36?,45?,46-;;18?,23?,29?,30-/m1.1/s1. The average Bonchev–Trinajstić information content (AvgIpc) is 1.54. The van der Waals surface area contributed by atoms with Gasteiger partial charge in [0, 0.05) is 68.8 Å². The van der Waals surface area contributed by atoms with Crippen molar-refractivity contribution in [3.8, 4) is 0 Å². The third kappa shape index (κ3) is 21.8. The third-order valence-corrected chi connectivity index (χ3v) is 41.5. The van der Waals surface area contributed by atoms with Crippen LogP contribution in [0.1, 0.15) is 256 Å². The average molecular weight is 2120 g/mol. The summed E-state index contributed by atoms with van der Waals surface area (Å²) < 4.78 is 76.9. The van der Waals surface area contributed by atoms with E-state index in [9.17, 15) is 54.9 Å². The van der Waals surface area contributed by atoms with E-state index in [1.807, 2.05) is 45.0 Å². The molecule has 3 saturated carbocycles. The quantitative estimate of drug-likeness (QED) is 0.0152. The number of nitrogens with zero attached hydrogens (tertiary/aromatic N) is 6. The van der Waals surface area contributed by atoms with Crippen LogP contribution >= 0.6 is 58.0 Å². The summed E-state index contributed by atoms with van der Waals surface area (Å²) in [5.74, 6) is -5.93. The monoisotopic (exact) mass is 2120 g/mol. The van der Waals surface area contributed by atoms with E-state index in [0.717, 1.165) is 6.07 Å². The lowest BCUT2D eigenvalue weighted by Gasteiger charge is -2.47. The Morgan fingerprint density at radius 1 is 0.418 bits per heavy atom. The second-order valence-electron chi connectivity index (χ2n) is 40.5. The highest BCUT2D eigenvalue weighted by Crippen LogP contribution is 2.55. The maximum atomic E-state index is 17.2. The van der Waals surface area contributed by atoms with Crippen molar-refractivity contribution in [2.75, 3.05) is 26.4 Å². The number of aliphatic hydroxyl groups excluding tert-OH is 3. The van der Waals surface area contributed by atoms with Gasteiger partial charge in [0.2, 0.25) is 0 Å². The Balaban J connectivity index is 0.000000167. The predicted molar refractivity (Wildman–Crippen MR) is 565 cm³/mol. The molecule has 2 aromatic heterocycles. The maximum absolute atomic E-state index is 17.2. The topological polar surface area (TPSA) is 305 Å². The van der Waals surface area contributed by atoms with Crippen molar-refractivity contribution in [3.05, 3.63) is 376 Å². The summed E-state index contributed by atoms with van der Waals surface area (Å²) in [5.41, 5.74) is -7.19. The molecule has 3 fully saturated rings. The van der Waals surface area contributed by atoms with Crippen LogP contribution < -0.4 is 20.7 Å². The molecule has 12 aromatic rings. The summed E-state index contributed by atoms with van der Waals surface area (Å²) in [6.07, 6.45) is 13.6. The molecule has 3 unspecified atom stereocenters. The van der Waals surface area contributed by atoms with Crippen LogP contribution in [0, 0.1) is 35.2 Å². The van der Waals surface area contributed by atoms with Gasteiger partial charge < -0.3 is 54.1 Å². The zero-order valence-electron chi connectivity index (χ0n) is 83.2. The van der Waals surface area contributed by atoms with Crippen LogP contribution in [0.3, 0.4) is 0 Å². The maximum Gasteiger partial charge on any atom is 0.336 e. The number of fused-ring (bicyclic) bond motifs is 2. The lowest BCUT2D eigenvalue weighted by Crippen LogP contribution is -2.67. The molecule has 3 aliphatic carbocycles. The Labute approximate surface area is 877 Å². The highest BCUT2D eigenvalue weighted by molar-refractivity contribution is 7.00. The molecule has 5 atom stereocenters. The number of carbonyl (C=O) groups excluding carboxylic acids is 3. The van der Waals surface area contributed by atoms with Crippen LogP contribution in [0.25, 0.3) is 0 Å². The molecular weight excluding hydrogens is 2000 g/mol. The Morgan fingerprint density at radius 3 is 1.02 bits per heavy atom. The molecule has 17 rings (SSSR count).